The van der Waals surface area contributed by atoms with Gasteiger partial charge in [-0.3, -0.25) is 0 Å². The summed E-state index contributed by atoms with van der Waals surface area (Å²) < 4.78 is 0. The molecule has 0 spiro atoms. The maximum absolute atomic E-state index is 8.76. The molecule has 1 aromatic carbocycles. The maximum atomic E-state index is 8.76. The van der Waals surface area contributed by atoms with Crippen molar-refractivity contribution in [3.05, 3.63) is 65.5 Å². The smallest absolute Gasteiger partial charge is 0.137 e. The number of fused-ring (bicyclic) bond motifs is 1. The van der Waals surface area contributed by atoms with Gasteiger partial charge in [0, 0.05) is 30.9 Å². The largest absolute Gasteiger partial charge is 0.346 e. The minimum absolute atomic E-state index is 0.691. The number of hydrogen-bond acceptors (Lipinski definition) is 3. The van der Waals surface area contributed by atoms with E-state index in [9.17, 15) is 0 Å². The molecule has 3 aromatic rings. The van der Waals surface area contributed by atoms with Crippen LogP contribution >= 0.6 is 0 Å². The van der Waals surface area contributed by atoms with Crippen LogP contribution in [-0.4, -0.2) is 9.97 Å². The van der Waals surface area contributed by atoms with E-state index >= 15 is 0 Å². The standard InChI is InChI=1S/C16H14N4/c17-8-12-3-5-13(6-4-12)9-18-10-14-11-20-16-15(14)2-1-7-19-16/h1-7,11,18H,9-10H2,(H,19,20). The molecule has 0 amide bonds. The van der Waals surface area contributed by atoms with E-state index < -0.39 is 0 Å². The lowest BCUT2D eigenvalue weighted by Crippen LogP contribution is -2.12. The monoisotopic (exact) mass is 262 g/mol. The highest BCUT2D eigenvalue weighted by molar-refractivity contribution is 5.79. The van der Waals surface area contributed by atoms with Gasteiger partial charge >= 0.3 is 0 Å². The molecule has 98 valence electrons. The molecule has 0 bridgehead atoms. The summed E-state index contributed by atoms with van der Waals surface area (Å²) in [6.45, 7) is 1.56. The van der Waals surface area contributed by atoms with Crippen molar-refractivity contribution >= 4 is 11.0 Å². The Morgan fingerprint density at radius 3 is 2.80 bits per heavy atom. The van der Waals surface area contributed by atoms with Crippen molar-refractivity contribution in [2.75, 3.05) is 0 Å². The van der Waals surface area contributed by atoms with Gasteiger partial charge in [-0.05, 0) is 35.4 Å². The summed E-state index contributed by atoms with van der Waals surface area (Å²) in [5.74, 6) is 0. The number of H-pyrrole nitrogens is 1. The average molecular weight is 262 g/mol. The topological polar surface area (TPSA) is 64.5 Å². The third-order valence-electron chi connectivity index (χ3n) is 3.26. The summed E-state index contributed by atoms with van der Waals surface area (Å²) >= 11 is 0. The zero-order chi connectivity index (χ0) is 13.8. The molecule has 0 saturated carbocycles. The molecule has 0 aliphatic carbocycles. The second-order valence-electron chi connectivity index (χ2n) is 4.63. The highest BCUT2D eigenvalue weighted by Gasteiger charge is 2.03. The Balaban J connectivity index is 1.63. The Morgan fingerprint density at radius 2 is 2.00 bits per heavy atom. The number of aromatic nitrogens is 2. The average Bonchev–Trinajstić information content (AvgIpc) is 2.92. The van der Waals surface area contributed by atoms with Crippen LogP contribution in [0.2, 0.25) is 0 Å². The van der Waals surface area contributed by atoms with Gasteiger partial charge in [-0.2, -0.15) is 5.26 Å². The molecule has 4 nitrogen and oxygen atoms in total. The summed E-state index contributed by atoms with van der Waals surface area (Å²) in [7, 11) is 0. The first-order chi connectivity index (χ1) is 9.86. The molecule has 2 heterocycles. The Hall–Kier alpha value is -2.64. The molecule has 20 heavy (non-hydrogen) atoms. The number of nitrogens with one attached hydrogen (secondary N) is 2. The van der Waals surface area contributed by atoms with Gasteiger partial charge in [0.05, 0.1) is 11.6 Å². The minimum atomic E-state index is 0.691. The summed E-state index contributed by atoms with van der Waals surface area (Å²) in [5.41, 5.74) is 3.99. The van der Waals surface area contributed by atoms with Crippen LogP contribution in [0.5, 0.6) is 0 Å². The van der Waals surface area contributed by atoms with Crippen molar-refractivity contribution in [1.29, 1.82) is 5.26 Å². The highest BCUT2D eigenvalue weighted by atomic mass is 14.9. The van der Waals surface area contributed by atoms with Crippen LogP contribution in [0.3, 0.4) is 0 Å². The van der Waals surface area contributed by atoms with Gasteiger partial charge in [0.15, 0.2) is 0 Å². The molecule has 0 fully saturated rings. The fourth-order valence-corrected chi connectivity index (χ4v) is 2.20. The second-order valence-corrected chi connectivity index (χ2v) is 4.63. The third kappa shape index (κ3) is 2.53. The van der Waals surface area contributed by atoms with Crippen LogP contribution in [-0.2, 0) is 13.1 Å². The van der Waals surface area contributed by atoms with Gasteiger partial charge < -0.3 is 10.3 Å². The molecule has 0 radical (unpaired) electrons. The molecule has 0 aliphatic rings. The zero-order valence-corrected chi connectivity index (χ0v) is 10.9. The first kappa shape index (κ1) is 12.4. The molecule has 2 aromatic heterocycles. The Bertz CT molecular complexity index is 750. The zero-order valence-electron chi connectivity index (χ0n) is 10.9. The fraction of sp³-hybridized carbons (Fsp3) is 0.125. The van der Waals surface area contributed by atoms with Crippen LogP contribution in [0.25, 0.3) is 11.0 Å². The molecule has 0 atom stereocenters. The van der Waals surface area contributed by atoms with Crippen molar-refractivity contribution in [2.45, 2.75) is 13.1 Å². The van der Waals surface area contributed by atoms with Crippen molar-refractivity contribution in [3.8, 4) is 6.07 Å². The number of aromatic amines is 1. The Morgan fingerprint density at radius 1 is 1.15 bits per heavy atom. The first-order valence-electron chi connectivity index (χ1n) is 6.47. The summed E-state index contributed by atoms with van der Waals surface area (Å²) in [4.78, 5) is 7.44. The van der Waals surface area contributed by atoms with Crippen molar-refractivity contribution in [2.24, 2.45) is 0 Å². The predicted molar refractivity (Wildman–Crippen MR) is 77.8 cm³/mol. The first-order valence-corrected chi connectivity index (χ1v) is 6.47. The molecule has 0 saturated heterocycles. The molecular formula is C16H14N4. The van der Waals surface area contributed by atoms with Gasteiger partial charge in [0.2, 0.25) is 0 Å². The lowest BCUT2D eigenvalue weighted by atomic mass is 10.1. The number of hydrogen-bond donors (Lipinski definition) is 2. The van der Waals surface area contributed by atoms with Gasteiger partial charge in [-0.15, -0.1) is 0 Å². The molecule has 0 aliphatic heterocycles. The van der Waals surface area contributed by atoms with Crippen molar-refractivity contribution in [1.82, 2.24) is 15.3 Å². The molecule has 0 unspecified atom stereocenters. The summed E-state index contributed by atoms with van der Waals surface area (Å²) in [6.07, 6.45) is 3.77. The molecule has 4 heteroatoms. The minimum Gasteiger partial charge on any atom is -0.346 e. The number of rotatable bonds is 4. The van der Waals surface area contributed by atoms with Gasteiger partial charge in [0.1, 0.15) is 5.65 Å². The number of nitriles is 1. The third-order valence-corrected chi connectivity index (χ3v) is 3.26. The quantitative estimate of drug-likeness (QED) is 0.759. The fourth-order valence-electron chi connectivity index (χ4n) is 2.20. The van der Waals surface area contributed by atoms with Gasteiger partial charge in [0.25, 0.3) is 0 Å². The van der Waals surface area contributed by atoms with Crippen LogP contribution in [0.1, 0.15) is 16.7 Å². The lowest BCUT2D eigenvalue weighted by Gasteiger charge is -2.04. The second kappa shape index (κ2) is 5.55. The number of nitrogens with zero attached hydrogens (tertiary/aromatic N) is 2. The van der Waals surface area contributed by atoms with E-state index in [-0.39, 0.29) is 0 Å². The highest BCUT2D eigenvalue weighted by Crippen LogP contribution is 2.15. The Labute approximate surface area is 117 Å². The Kier molecular flexibility index (Phi) is 3.44. The van der Waals surface area contributed by atoms with Gasteiger partial charge in [-0.25, -0.2) is 4.98 Å². The van der Waals surface area contributed by atoms with Crippen LogP contribution < -0.4 is 5.32 Å². The van der Waals surface area contributed by atoms with E-state index in [0.717, 1.165) is 24.1 Å². The van der Waals surface area contributed by atoms with Crippen molar-refractivity contribution in [3.63, 3.8) is 0 Å². The molecule has 2 N–H and O–H groups in total. The maximum Gasteiger partial charge on any atom is 0.137 e. The predicted octanol–water partition coefficient (Wildman–Crippen LogP) is 2.72. The number of pyridine rings is 1. The van der Waals surface area contributed by atoms with Crippen LogP contribution in [0, 0.1) is 11.3 Å². The van der Waals surface area contributed by atoms with E-state index in [4.69, 9.17) is 5.26 Å². The summed E-state index contributed by atoms with van der Waals surface area (Å²) in [5, 5.41) is 13.3. The number of benzene rings is 1. The van der Waals surface area contributed by atoms with Gasteiger partial charge in [-0.1, -0.05) is 12.1 Å². The molecular weight excluding hydrogens is 248 g/mol. The van der Waals surface area contributed by atoms with Crippen molar-refractivity contribution < 1.29 is 0 Å². The van der Waals surface area contributed by atoms with Crippen LogP contribution in [0.4, 0.5) is 0 Å². The van der Waals surface area contributed by atoms with Crippen LogP contribution in [0.15, 0.2) is 48.8 Å². The van der Waals surface area contributed by atoms with E-state index in [1.165, 1.54) is 11.1 Å². The van der Waals surface area contributed by atoms with E-state index in [1.54, 1.807) is 6.20 Å². The SMILES string of the molecule is N#Cc1ccc(CNCc2c[nH]c3ncccc23)cc1. The lowest BCUT2D eigenvalue weighted by molar-refractivity contribution is 0.696. The normalized spacial score (nSPS) is 10.6. The van der Waals surface area contributed by atoms with E-state index in [0.29, 0.717) is 5.56 Å². The van der Waals surface area contributed by atoms with E-state index in [2.05, 4.69) is 27.4 Å². The molecule has 3 rings (SSSR count). The summed E-state index contributed by atoms with van der Waals surface area (Å²) in [6, 6.07) is 13.8. The van der Waals surface area contributed by atoms with E-state index in [1.807, 2.05) is 36.5 Å².